The number of esters is 2. The van der Waals surface area contributed by atoms with E-state index in [2.05, 4.69) is 12.2 Å². The molecule has 30 heavy (non-hydrogen) atoms. The lowest BCUT2D eigenvalue weighted by Crippen LogP contribution is -2.30. The Hall–Kier alpha value is -2.87. The number of amides is 1. The number of rotatable bonds is 6. The van der Waals surface area contributed by atoms with Crippen molar-refractivity contribution in [2.75, 3.05) is 11.9 Å². The third kappa shape index (κ3) is 4.64. The zero-order valence-electron chi connectivity index (χ0n) is 17.2. The summed E-state index contributed by atoms with van der Waals surface area (Å²) in [6.07, 6.45) is 1.46. The van der Waals surface area contributed by atoms with Gasteiger partial charge in [0.25, 0.3) is 5.91 Å². The van der Waals surface area contributed by atoms with Crippen LogP contribution in [0.2, 0.25) is 0 Å². The number of phenols is 1. The molecular formula is C22H25NO6S. The van der Waals surface area contributed by atoms with Crippen LogP contribution in [0.4, 0.5) is 5.00 Å². The molecule has 1 aliphatic rings. The smallest absolute Gasteiger partial charge is 0.342 e. The minimum Gasteiger partial charge on any atom is -0.507 e. The predicted octanol–water partition coefficient (Wildman–Crippen LogP) is 3.94. The molecule has 0 saturated heterocycles. The molecule has 2 N–H and O–H groups in total. The number of benzene rings is 1. The molecule has 8 heteroatoms. The maximum atomic E-state index is 12.7. The summed E-state index contributed by atoms with van der Waals surface area (Å²) in [5.74, 6) is -1.54. The number of hydrogen-bond acceptors (Lipinski definition) is 7. The lowest BCUT2D eigenvalue weighted by molar-refractivity contribution is -0.123. The molecule has 0 fully saturated rings. The fourth-order valence-electron chi connectivity index (χ4n) is 3.40. The van der Waals surface area contributed by atoms with Crippen molar-refractivity contribution in [2.24, 2.45) is 5.92 Å². The molecule has 3 rings (SSSR count). The Kier molecular flexibility index (Phi) is 6.77. The first kappa shape index (κ1) is 21.8. The van der Waals surface area contributed by atoms with E-state index in [0.29, 0.717) is 16.5 Å². The Labute approximate surface area is 179 Å². The van der Waals surface area contributed by atoms with E-state index < -0.39 is 23.9 Å². The number of phenolic OH excluding ortho intramolecular Hbond substituents is 1. The van der Waals surface area contributed by atoms with Gasteiger partial charge in [-0.25, -0.2) is 9.59 Å². The summed E-state index contributed by atoms with van der Waals surface area (Å²) in [6.45, 7) is 5.57. The number of para-hydroxylation sites is 1. The summed E-state index contributed by atoms with van der Waals surface area (Å²) in [6, 6.07) is 5.95. The van der Waals surface area contributed by atoms with Gasteiger partial charge in [-0.2, -0.15) is 0 Å². The second kappa shape index (κ2) is 9.30. The van der Waals surface area contributed by atoms with E-state index in [4.69, 9.17) is 9.47 Å². The van der Waals surface area contributed by atoms with Crippen LogP contribution in [0, 0.1) is 5.92 Å². The van der Waals surface area contributed by atoms with Crippen molar-refractivity contribution in [3.63, 3.8) is 0 Å². The summed E-state index contributed by atoms with van der Waals surface area (Å²) in [5.41, 5.74) is 1.31. The van der Waals surface area contributed by atoms with Gasteiger partial charge in [0.15, 0.2) is 6.10 Å². The average Bonchev–Trinajstić information content (AvgIpc) is 3.05. The topological polar surface area (TPSA) is 102 Å². The van der Waals surface area contributed by atoms with Gasteiger partial charge >= 0.3 is 11.9 Å². The van der Waals surface area contributed by atoms with Crippen LogP contribution in [0.15, 0.2) is 24.3 Å². The second-order valence-corrected chi connectivity index (χ2v) is 8.44. The Morgan fingerprint density at radius 1 is 1.27 bits per heavy atom. The lowest BCUT2D eigenvalue weighted by Gasteiger charge is -2.18. The number of anilines is 1. The highest BCUT2D eigenvalue weighted by molar-refractivity contribution is 7.17. The number of carbonyl (C=O) groups excluding carboxylic acids is 3. The first-order valence-corrected chi connectivity index (χ1v) is 10.7. The SMILES string of the molecule is CCOC(=O)c1c(NC(=O)C(C)OC(=O)c2ccccc2O)sc2c1CCC(C)C2. The summed E-state index contributed by atoms with van der Waals surface area (Å²) in [4.78, 5) is 38.6. The van der Waals surface area contributed by atoms with Crippen LogP contribution in [0.5, 0.6) is 5.75 Å². The van der Waals surface area contributed by atoms with Crippen molar-refractivity contribution in [3.05, 3.63) is 45.8 Å². The molecule has 1 aromatic carbocycles. The maximum absolute atomic E-state index is 12.7. The fourth-order valence-corrected chi connectivity index (χ4v) is 4.80. The van der Waals surface area contributed by atoms with Gasteiger partial charge in [0.1, 0.15) is 16.3 Å². The molecule has 1 amide bonds. The third-order valence-electron chi connectivity index (χ3n) is 5.00. The first-order valence-electron chi connectivity index (χ1n) is 9.93. The lowest BCUT2D eigenvalue weighted by atomic mass is 9.88. The van der Waals surface area contributed by atoms with Crippen LogP contribution >= 0.6 is 11.3 Å². The largest absolute Gasteiger partial charge is 0.507 e. The molecule has 160 valence electrons. The molecule has 2 atom stereocenters. The molecule has 1 aromatic heterocycles. The average molecular weight is 432 g/mol. The van der Waals surface area contributed by atoms with Gasteiger partial charge in [0.2, 0.25) is 0 Å². The number of thiophene rings is 1. The number of hydrogen-bond donors (Lipinski definition) is 2. The minimum absolute atomic E-state index is 0.0232. The normalized spacial score (nSPS) is 16.3. The van der Waals surface area contributed by atoms with Gasteiger partial charge in [-0.1, -0.05) is 19.1 Å². The molecule has 1 aliphatic carbocycles. The van der Waals surface area contributed by atoms with E-state index in [0.717, 1.165) is 29.7 Å². The second-order valence-electron chi connectivity index (χ2n) is 7.33. The molecule has 0 spiro atoms. The zero-order valence-corrected chi connectivity index (χ0v) is 18.0. The van der Waals surface area contributed by atoms with Crippen molar-refractivity contribution in [2.45, 2.75) is 46.1 Å². The highest BCUT2D eigenvalue weighted by Crippen LogP contribution is 2.40. The van der Waals surface area contributed by atoms with Crippen molar-refractivity contribution < 1.29 is 29.0 Å². The van der Waals surface area contributed by atoms with E-state index in [1.165, 1.54) is 30.4 Å². The molecular weight excluding hydrogens is 406 g/mol. The van der Waals surface area contributed by atoms with Gasteiger partial charge < -0.3 is 19.9 Å². The summed E-state index contributed by atoms with van der Waals surface area (Å²) < 4.78 is 10.4. The van der Waals surface area contributed by atoms with E-state index in [-0.39, 0.29) is 17.9 Å². The van der Waals surface area contributed by atoms with Gasteiger partial charge in [-0.3, -0.25) is 4.79 Å². The number of carbonyl (C=O) groups is 3. The molecule has 0 bridgehead atoms. The van der Waals surface area contributed by atoms with E-state index >= 15 is 0 Å². The number of ether oxygens (including phenoxy) is 2. The summed E-state index contributed by atoms with van der Waals surface area (Å²) in [7, 11) is 0. The quantitative estimate of drug-likeness (QED) is 0.672. The molecule has 2 aromatic rings. The van der Waals surface area contributed by atoms with Crippen LogP contribution in [-0.4, -0.2) is 35.7 Å². The van der Waals surface area contributed by atoms with Gasteiger partial charge in [-0.15, -0.1) is 11.3 Å². The monoisotopic (exact) mass is 431 g/mol. The maximum Gasteiger partial charge on any atom is 0.342 e. The predicted molar refractivity (Wildman–Crippen MR) is 113 cm³/mol. The van der Waals surface area contributed by atoms with Crippen LogP contribution in [-0.2, 0) is 27.1 Å². The highest BCUT2D eigenvalue weighted by atomic mass is 32.1. The zero-order chi connectivity index (χ0) is 21.8. The van der Waals surface area contributed by atoms with Crippen LogP contribution in [0.25, 0.3) is 0 Å². The number of fused-ring (bicyclic) bond motifs is 1. The Morgan fingerprint density at radius 3 is 2.70 bits per heavy atom. The van der Waals surface area contributed by atoms with E-state index in [9.17, 15) is 19.5 Å². The Morgan fingerprint density at radius 2 is 2.00 bits per heavy atom. The molecule has 0 aliphatic heterocycles. The third-order valence-corrected chi connectivity index (χ3v) is 6.17. The van der Waals surface area contributed by atoms with Crippen LogP contribution < -0.4 is 5.32 Å². The summed E-state index contributed by atoms with van der Waals surface area (Å²) in [5, 5.41) is 12.9. The van der Waals surface area contributed by atoms with Crippen molar-refractivity contribution in [3.8, 4) is 5.75 Å². The Balaban J connectivity index is 1.78. The number of aromatic hydroxyl groups is 1. The highest BCUT2D eigenvalue weighted by Gasteiger charge is 2.30. The van der Waals surface area contributed by atoms with Gasteiger partial charge in [0.05, 0.1) is 12.2 Å². The van der Waals surface area contributed by atoms with Crippen molar-refractivity contribution >= 4 is 34.2 Å². The number of nitrogens with one attached hydrogen (secondary N) is 1. The molecule has 7 nitrogen and oxygen atoms in total. The molecule has 0 radical (unpaired) electrons. The van der Waals surface area contributed by atoms with Crippen molar-refractivity contribution in [1.82, 2.24) is 0 Å². The molecule has 1 heterocycles. The van der Waals surface area contributed by atoms with E-state index in [1.54, 1.807) is 19.1 Å². The fraction of sp³-hybridized carbons (Fsp3) is 0.409. The first-order chi connectivity index (χ1) is 14.3. The summed E-state index contributed by atoms with van der Waals surface area (Å²) >= 11 is 1.37. The molecule has 0 saturated carbocycles. The van der Waals surface area contributed by atoms with Gasteiger partial charge in [0, 0.05) is 4.88 Å². The minimum atomic E-state index is -1.12. The standard InChI is InChI=1S/C22H25NO6S/c1-4-28-22(27)18-15-10-9-12(2)11-17(15)30-20(18)23-19(25)13(3)29-21(26)14-7-5-6-8-16(14)24/h5-8,12-13,24H,4,9-11H2,1-3H3,(H,23,25). The molecule has 2 unspecified atom stereocenters. The Bertz CT molecular complexity index is 967. The van der Waals surface area contributed by atoms with Crippen LogP contribution in [0.3, 0.4) is 0 Å². The van der Waals surface area contributed by atoms with Gasteiger partial charge in [-0.05, 0) is 56.7 Å². The van der Waals surface area contributed by atoms with E-state index in [1.807, 2.05) is 0 Å². The van der Waals surface area contributed by atoms with Crippen molar-refractivity contribution in [1.29, 1.82) is 0 Å². The van der Waals surface area contributed by atoms with Crippen LogP contribution in [0.1, 0.15) is 58.3 Å².